The third kappa shape index (κ3) is 5.44. The van der Waals surface area contributed by atoms with E-state index in [2.05, 4.69) is 30.2 Å². The minimum absolute atomic E-state index is 0.0209. The fourth-order valence-electron chi connectivity index (χ4n) is 5.21. The van der Waals surface area contributed by atoms with Gasteiger partial charge in [0.1, 0.15) is 18.3 Å². The Bertz CT molecular complexity index is 1910. The molecule has 0 spiro atoms. The number of ether oxygens (including phenoxy) is 2. The normalized spacial score (nSPS) is 36.6. The molecule has 3 aliphatic rings. The number of nitrogens with one attached hydrogen (secondary N) is 1. The molecule has 0 radical (unpaired) electrons. The van der Waals surface area contributed by atoms with Gasteiger partial charge in [-0.1, -0.05) is 5.21 Å². The fourth-order valence-corrected chi connectivity index (χ4v) is 8.11. The third-order valence-electron chi connectivity index (χ3n) is 7.12. The topological polar surface area (TPSA) is 255 Å². The molecule has 0 amide bonds. The summed E-state index contributed by atoms with van der Waals surface area (Å²) >= 11 is 10.5. The molecule has 3 aliphatic heterocycles. The minimum Gasteiger partial charge on any atom is -0.397 e. The lowest BCUT2D eigenvalue weighted by atomic mass is 10.1. The first kappa shape index (κ1) is 30.1. The third-order valence-corrected chi connectivity index (χ3v) is 10.3. The van der Waals surface area contributed by atoms with Crippen molar-refractivity contribution in [3.8, 4) is 0 Å². The van der Waals surface area contributed by atoms with E-state index in [4.69, 9.17) is 62.6 Å². The van der Waals surface area contributed by atoms with Crippen LogP contribution in [0.15, 0.2) is 23.4 Å². The number of nitrogens with zero attached hydrogens (tertiary/aromatic N) is 7. The first-order valence-electron chi connectivity index (χ1n) is 12.8. The molecule has 3 fully saturated rings. The molecule has 4 aromatic rings. The Labute approximate surface area is 255 Å². The second-order valence-electron chi connectivity index (χ2n) is 10.0. The number of H-pyrrole nitrogens is 1. The summed E-state index contributed by atoms with van der Waals surface area (Å²) in [5, 5.41) is 7.88. The summed E-state index contributed by atoms with van der Waals surface area (Å²) in [4.78, 5) is 49.0. The Balaban J connectivity index is 1.19. The van der Waals surface area contributed by atoms with Crippen LogP contribution in [0, 0.1) is 0 Å². The zero-order chi connectivity index (χ0) is 31.0. The van der Waals surface area contributed by atoms with E-state index in [1.807, 2.05) is 0 Å². The maximum atomic E-state index is 16.0. The highest BCUT2D eigenvalue weighted by atomic mass is 32.5. The van der Waals surface area contributed by atoms with Gasteiger partial charge in [-0.2, -0.15) is 9.67 Å². The van der Waals surface area contributed by atoms with E-state index < -0.39 is 68.6 Å². The molecule has 0 aliphatic carbocycles. The van der Waals surface area contributed by atoms with Crippen LogP contribution in [0.3, 0.4) is 0 Å². The second kappa shape index (κ2) is 11.0. The van der Waals surface area contributed by atoms with E-state index in [9.17, 15) is 14.6 Å². The summed E-state index contributed by atoms with van der Waals surface area (Å²) in [5.41, 5.74) is 11.7. The van der Waals surface area contributed by atoms with E-state index >= 15 is 4.39 Å². The van der Waals surface area contributed by atoms with E-state index in [-0.39, 0.29) is 47.0 Å². The number of anilines is 2. The molecule has 44 heavy (non-hydrogen) atoms. The SMILES string of the molecule is Nc1nc2c(ncn2[C@@H]2O[C@@H]3COP(O)(=S)O[C@H]4[C@H](F)[C@H](n5nnc6c(N)ccnc65)O[C@@H]4COP(O)(=S)O[C@H]2C3)c(=O)[nH]1. The number of aromatic nitrogens is 8. The van der Waals surface area contributed by atoms with Crippen LogP contribution < -0.4 is 17.0 Å². The molecule has 24 heteroatoms. The zero-order valence-corrected chi connectivity index (χ0v) is 25.4. The Hall–Kier alpha value is -2.59. The molecule has 9 atom stereocenters. The van der Waals surface area contributed by atoms with Crippen molar-refractivity contribution < 1.29 is 41.7 Å². The van der Waals surface area contributed by atoms with Crippen molar-refractivity contribution in [1.82, 2.24) is 39.5 Å². The molecule has 2 bridgehead atoms. The fraction of sp³-hybridized carbons (Fsp3) is 0.500. The second-order valence-corrected chi connectivity index (χ2v) is 15.6. The van der Waals surface area contributed by atoms with Gasteiger partial charge in [0, 0.05) is 12.6 Å². The van der Waals surface area contributed by atoms with Crippen LogP contribution in [-0.4, -0.2) is 93.1 Å². The first-order chi connectivity index (χ1) is 20.9. The van der Waals surface area contributed by atoms with Crippen LogP contribution in [0.2, 0.25) is 0 Å². The standard InChI is InChI=1S/C20H23FN10O9P2S2/c21-11-14-10(38-19(11)31-15-12(28-29-31)8(22)1-2-24-15)5-36-41(33,43)39-9-3-7(4-35-42(34,44)40-14)37-18(9)30-6-25-13-16(30)26-20(23)27-17(13)32/h1-2,6-7,9-11,14,18-19H,3-5H2,(H2,22,24)(H,33,43)(H,34,44)(H3,23,26,27,32)/t7-,9-,10+,11-,14+,18+,19+,41?,42?/m0/s1. The van der Waals surface area contributed by atoms with Gasteiger partial charge in [-0.05, 0) is 29.7 Å². The number of nitrogens with two attached hydrogens (primary N) is 2. The molecule has 3 saturated heterocycles. The van der Waals surface area contributed by atoms with Crippen LogP contribution in [0.1, 0.15) is 18.9 Å². The van der Waals surface area contributed by atoms with E-state index in [1.165, 1.54) is 23.2 Å². The number of imidazole rings is 1. The number of pyridine rings is 1. The van der Waals surface area contributed by atoms with Gasteiger partial charge in [-0.25, -0.2) is 14.4 Å². The maximum Gasteiger partial charge on any atom is 0.325 e. The molecule has 236 valence electrons. The van der Waals surface area contributed by atoms with Crippen molar-refractivity contribution in [2.24, 2.45) is 0 Å². The molecule has 7 N–H and O–H groups in total. The summed E-state index contributed by atoms with van der Waals surface area (Å²) in [7, 11) is 0. The Morgan fingerprint density at radius 2 is 1.80 bits per heavy atom. The number of alkyl halides is 1. The molecular weight excluding hydrogens is 669 g/mol. The summed E-state index contributed by atoms with van der Waals surface area (Å²) in [6.45, 7) is -9.08. The lowest BCUT2D eigenvalue weighted by molar-refractivity contribution is -0.0616. The predicted molar refractivity (Wildman–Crippen MR) is 154 cm³/mol. The smallest absolute Gasteiger partial charge is 0.325 e. The molecule has 7 heterocycles. The number of halogens is 1. The lowest BCUT2D eigenvalue weighted by Crippen LogP contribution is -2.34. The van der Waals surface area contributed by atoms with Gasteiger partial charge >= 0.3 is 13.4 Å². The number of fused-ring (bicyclic) bond motifs is 5. The summed E-state index contributed by atoms with van der Waals surface area (Å²) in [5.74, 6) is -0.163. The van der Waals surface area contributed by atoms with Crippen LogP contribution in [0.5, 0.6) is 0 Å². The monoisotopic (exact) mass is 692 g/mol. The summed E-state index contributed by atoms with van der Waals surface area (Å²) < 4.78 is 53.0. The molecule has 2 unspecified atom stereocenters. The Morgan fingerprint density at radius 3 is 2.61 bits per heavy atom. The minimum atomic E-state index is -4.13. The summed E-state index contributed by atoms with van der Waals surface area (Å²) in [6.07, 6.45) is -6.39. The Morgan fingerprint density at radius 1 is 1.02 bits per heavy atom. The predicted octanol–water partition coefficient (Wildman–Crippen LogP) is -0.102. The highest BCUT2D eigenvalue weighted by Gasteiger charge is 2.52. The van der Waals surface area contributed by atoms with Gasteiger partial charge < -0.3 is 44.3 Å². The quantitative estimate of drug-likeness (QED) is 0.172. The Kier molecular flexibility index (Phi) is 7.55. The van der Waals surface area contributed by atoms with Gasteiger partial charge in [-0.15, -0.1) is 5.10 Å². The van der Waals surface area contributed by atoms with Gasteiger partial charge in [-0.3, -0.25) is 18.9 Å². The lowest BCUT2D eigenvalue weighted by Gasteiger charge is -2.27. The maximum absolute atomic E-state index is 16.0. The molecule has 0 aromatic carbocycles. The number of nitrogen functional groups attached to an aromatic ring is 2. The first-order valence-corrected chi connectivity index (χ1v) is 18.0. The van der Waals surface area contributed by atoms with E-state index in [0.29, 0.717) is 0 Å². The van der Waals surface area contributed by atoms with Crippen molar-refractivity contribution >= 4 is 71.0 Å². The number of aromatic amines is 1. The average molecular weight is 693 g/mol. The van der Waals surface area contributed by atoms with Gasteiger partial charge in [0.15, 0.2) is 41.0 Å². The van der Waals surface area contributed by atoms with Crippen molar-refractivity contribution in [3.63, 3.8) is 0 Å². The van der Waals surface area contributed by atoms with Crippen molar-refractivity contribution in [3.05, 3.63) is 28.9 Å². The molecule has 19 nitrogen and oxygen atoms in total. The number of hydrogen-bond donors (Lipinski definition) is 5. The summed E-state index contributed by atoms with van der Waals surface area (Å²) in [6, 6.07) is 1.51. The van der Waals surface area contributed by atoms with Crippen LogP contribution in [0.25, 0.3) is 22.3 Å². The number of rotatable bonds is 2. The largest absolute Gasteiger partial charge is 0.397 e. The number of hydrogen-bond acceptors (Lipinski definition) is 16. The van der Waals surface area contributed by atoms with Gasteiger partial charge in [0.25, 0.3) is 5.56 Å². The molecular formula is C20H23FN10O9P2S2. The van der Waals surface area contributed by atoms with Crippen molar-refractivity contribution in [1.29, 1.82) is 0 Å². The highest BCUT2D eigenvalue weighted by molar-refractivity contribution is 8.07. The zero-order valence-electron chi connectivity index (χ0n) is 22.0. The van der Waals surface area contributed by atoms with E-state index in [0.717, 1.165) is 4.68 Å². The van der Waals surface area contributed by atoms with Crippen LogP contribution >= 0.6 is 13.4 Å². The molecule has 7 rings (SSSR count). The molecule has 0 saturated carbocycles. The van der Waals surface area contributed by atoms with E-state index in [1.54, 1.807) is 0 Å². The van der Waals surface area contributed by atoms with Crippen molar-refractivity contribution in [2.75, 3.05) is 24.7 Å². The average Bonchev–Trinajstić information content (AvgIpc) is 3.72. The van der Waals surface area contributed by atoms with Gasteiger partial charge in [0.2, 0.25) is 5.95 Å². The van der Waals surface area contributed by atoms with Crippen molar-refractivity contribution in [2.45, 2.75) is 49.5 Å². The van der Waals surface area contributed by atoms with Gasteiger partial charge in [0.05, 0.1) is 31.3 Å². The van der Waals surface area contributed by atoms with Crippen LogP contribution in [0.4, 0.5) is 16.0 Å². The molecule has 4 aromatic heterocycles. The van der Waals surface area contributed by atoms with Crippen LogP contribution in [-0.2, 0) is 51.2 Å². The highest BCUT2D eigenvalue weighted by Crippen LogP contribution is 2.54.